The lowest BCUT2D eigenvalue weighted by Gasteiger charge is -2.18. The minimum Gasteiger partial charge on any atom is -0.436 e. The van der Waals surface area contributed by atoms with Crippen LogP contribution < -0.4 is 20.7 Å². The maximum Gasteiger partial charge on any atom is 0.511 e. The van der Waals surface area contributed by atoms with Crippen molar-refractivity contribution in [3.8, 4) is 29.3 Å². The van der Waals surface area contributed by atoms with E-state index in [1.807, 2.05) is 4.98 Å². The highest BCUT2D eigenvalue weighted by molar-refractivity contribution is 6.37. The number of rotatable bonds is 8. The van der Waals surface area contributed by atoms with Gasteiger partial charge < -0.3 is 18.9 Å². The van der Waals surface area contributed by atoms with Crippen molar-refractivity contribution in [1.82, 2.24) is 25.0 Å². The lowest BCUT2D eigenvalue weighted by molar-refractivity contribution is -0.0631. The van der Waals surface area contributed by atoms with Crippen molar-refractivity contribution < 1.29 is 32.0 Å². The summed E-state index contributed by atoms with van der Waals surface area (Å²) in [6.45, 7) is -1.83. The van der Waals surface area contributed by atoms with Crippen LogP contribution in [0, 0.1) is 11.3 Å². The summed E-state index contributed by atoms with van der Waals surface area (Å²) >= 11 is 12.6. The monoisotopic (exact) mass is 570 g/mol. The van der Waals surface area contributed by atoms with Gasteiger partial charge in [0, 0.05) is 26.8 Å². The summed E-state index contributed by atoms with van der Waals surface area (Å²) in [5, 5.41) is 19.8. The average molecular weight is 571 g/mol. The van der Waals surface area contributed by atoms with Crippen molar-refractivity contribution in [3.05, 3.63) is 60.3 Å². The van der Waals surface area contributed by atoms with Crippen molar-refractivity contribution in [2.45, 2.75) is 52.8 Å². The Labute approximate surface area is 234 Å². The third kappa shape index (κ3) is 6.78. The number of hydrogen-bond donors (Lipinski definition) is 1. The molecule has 0 saturated heterocycles. The first-order chi connectivity index (χ1) is 20.3. The Balaban J connectivity index is 2.06. The number of nitriles is 1. The van der Waals surface area contributed by atoms with Crippen LogP contribution in [0.3, 0.4) is 0 Å². The highest BCUT2D eigenvalue weighted by Gasteiger charge is 2.21. The molecule has 3 rings (SSSR count). The third-order valence-electron chi connectivity index (χ3n) is 4.32. The Kier molecular flexibility index (Phi) is 6.55. The number of nitrogens with one attached hydrogen (secondary N) is 1. The van der Waals surface area contributed by atoms with Crippen LogP contribution in [0.4, 0.5) is 4.79 Å². The normalized spacial score (nSPS) is 14.7. The molecule has 0 radical (unpaired) electrons. The second-order valence-electron chi connectivity index (χ2n) is 7.57. The van der Waals surface area contributed by atoms with Crippen LogP contribution in [0.15, 0.2) is 27.8 Å². The van der Waals surface area contributed by atoms with Crippen LogP contribution in [0.25, 0.3) is 5.69 Å². The largest absolute Gasteiger partial charge is 0.511 e. The third-order valence-corrected chi connectivity index (χ3v) is 4.88. The highest BCUT2D eigenvalue weighted by Crippen LogP contribution is 2.38. The zero-order valence-electron chi connectivity index (χ0n) is 25.8. The zero-order valence-corrected chi connectivity index (χ0v) is 21.3. The molecule has 1 aromatic carbocycles. The molecular weight excluding hydrogens is 543 g/mol. The molecule has 1 unspecified atom stereocenters. The molecule has 200 valence electrons. The van der Waals surface area contributed by atoms with Crippen LogP contribution in [0.2, 0.25) is 10.0 Å². The number of aromatic amines is 1. The second-order valence-corrected chi connectivity index (χ2v) is 8.38. The maximum absolute atomic E-state index is 12.2. The van der Waals surface area contributed by atoms with Crippen molar-refractivity contribution in [1.29, 1.82) is 5.26 Å². The average Bonchev–Trinajstić information content (AvgIpc) is 2.85. The van der Waals surface area contributed by atoms with Gasteiger partial charge in [0.25, 0.3) is 5.56 Å². The van der Waals surface area contributed by atoms with Crippen molar-refractivity contribution in [3.63, 3.8) is 0 Å². The molecule has 1 N–H and O–H groups in total. The summed E-state index contributed by atoms with van der Waals surface area (Å²) in [5.41, 5.74) is -3.19. The maximum atomic E-state index is 12.2. The number of carbonyl (C=O) groups is 1. The van der Waals surface area contributed by atoms with E-state index in [0.717, 1.165) is 18.2 Å². The highest BCUT2D eigenvalue weighted by atomic mass is 35.5. The van der Waals surface area contributed by atoms with Gasteiger partial charge >= 0.3 is 11.8 Å². The van der Waals surface area contributed by atoms with Crippen molar-refractivity contribution >= 4 is 29.4 Å². The second kappa shape index (κ2) is 11.9. The van der Waals surface area contributed by atoms with Gasteiger partial charge in [-0.05, 0) is 31.9 Å². The van der Waals surface area contributed by atoms with Gasteiger partial charge in [-0.3, -0.25) is 9.78 Å². The molecule has 15 heteroatoms. The van der Waals surface area contributed by atoms with Gasteiger partial charge in [0.05, 0.1) is 21.8 Å². The molecule has 3 aromatic rings. The van der Waals surface area contributed by atoms with Crippen LogP contribution in [0.5, 0.6) is 17.5 Å². The Morgan fingerprint density at radius 3 is 2.42 bits per heavy atom. The van der Waals surface area contributed by atoms with Crippen LogP contribution >= 0.6 is 23.2 Å². The van der Waals surface area contributed by atoms with Gasteiger partial charge in [-0.2, -0.15) is 9.94 Å². The minimum atomic E-state index is -3.11. The number of halogens is 2. The Morgan fingerprint density at radius 2 is 1.82 bits per heavy atom. The Bertz CT molecular complexity index is 1680. The molecule has 0 bridgehead atoms. The number of hydrogen-bond acceptors (Lipinski definition) is 11. The molecule has 0 saturated carbocycles. The molecule has 0 fully saturated rings. The minimum absolute atomic E-state index is 0.0736. The fourth-order valence-electron chi connectivity index (χ4n) is 2.78. The summed E-state index contributed by atoms with van der Waals surface area (Å²) in [7, 11) is 0. The van der Waals surface area contributed by atoms with E-state index in [2.05, 4.69) is 15.3 Å². The SMILES string of the molecule is [2H]C([2H])([2H])C(c1cc(Oc2c(Cl)cc(-n3nc(C#N)c(=O)[nH]c3=O)cc2Cl)nnc1OC(C)OC(=O)OC(C)C)C([2H])([2H])[2H]. The van der Waals surface area contributed by atoms with Crippen molar-refractivity contribution in [2.24, 2.45) is 0 Å². The molecule has 13 nitrogen and oxygen atoms in total. The molecule has 0 aliphatic carbocycles. The molecule has 0 amide bonds. The number of carbonyl (C=O) groups excluding carboxylic acids is 1. The van der Waals surface area contributed by atoms with Gasteiger partial charge in [0.1, 0.15) is 6.07 Å². The van der Waals surface area contributed by atoms with Gasteiger partial charge in [0.15, 0.2) is 5.75 Å². The standard InChI is InChI=1S/C23H22Cl2N6O7/c1-10(2)14-8-18(28-29-21(14)36-12(5)37-23(34)35-11(3)4)38-19-15(24)6-13(7-16(19)25)31-22(33)27-20(32)17(9-26)30-31/h6-8,10-12H,1-5H3,(H,27,32,33)/i1D3,2D3. The summed E-state index contributed by atoms with van der Waals surface area (Å²) < 4.78 is 68.8. The molecule has 0 aliphatic rings. The summed E-state index contributed by atoms with van der Waals surface area (Å²) in [4.78, 5) is 37.7. The smallest absolute Gasteiger partial charge is 0.436 e. The first kappa shape index (κ1) is 20.9. The number of aromatic nitrogens is 5. The van der Waals surface area contributed by atoms with Gasteiger partial charge in [-0.1, -0.05) is 36.9 Å². The lowest BCUT2D eigenvalue weighted by Crippen LogP contribution is -2.33. The van der Waals surface area contributed by atoms with E-state index in [1.165, 1.54) is 13.0 Å². The lowest BCUT2D eigenvalue weighted by atomic mass is 10.1. The summed E-state index contributed by atoms with van der Waals surface area (Å²) in [5.74, 6) is -3.51. The molecule has 38 heavy (non-hydrogen) atoms. The van der Waals surface area contributed by atoms with Gasteiger partial charge in [-0.15, -0.1) is 15.3 Å². The number of ether oxygens (including phenoxy) is 4. The Morgan fingerprint density at radius 1 is 1.13 bits per heavy atom. The van der Waals surface area contributed by atoms with Gasteiger partial charge in [-0.25, -0.2) is 9.59 Å². The fourth-order valence-corrected chi connectivity index (χ4v) is 3.33. The van der Waals surface area contributed by atoms with Crippen molar-refractivity contribution in [2.75, 3.05) is 0 Å². The van der Waals surface area contributed by atoms with E-state index in [4.69, 9.17) is 55.6 Å². The van der Waals surface area contributed by atoms with Gasteiger partial charge in [0.2, 0.25) is 23.7 Å². The van der Waals surface area contributed by atoms with Crippen LogP contribution in [-0.4, -0.2) is 43.5 Å². The van der Waals surface area contributed by atoms with E-state index in [1.54, 1.807) is 13.8 Å². The molecule has 2 heterocycles. The predicted octanol–water partition coefficient (Wildman–Crippen LogP) is 4.09. The van der Waals surface area contributed by atoms with E-state index in [-0.39, 0.29) is 21.5 Å². The van der Waals surface area contributed by atoms with E-state index < -0.39 is 72.4 Å². The quantitative estimate of drug-likeness (QED) is 0.305. The molecule has 0 spiro atoms. The van der Waals surface area contributed by atoms with E-state index in [0.29, 0.717) is 4.68 Å². The summed E-state index contributed by atoms with van der Waals surface area (Å²) in [6, 6.07) is 4.75. The molecular formula is C23H22Cl2N6O7. The fraction of sp³-hybridized carbons (Fsp3) is 0.348. The first-order valence-electron chi connectivity index (χ1n) is 13.5. The van der Waals surface area contributed by atoms with E-state index >= 15 is 0 Å². The zero-order chi connectivity index (χ0) is 33.1. The number of nitrogens with zero attached hydrogens (tertiary/aromatic N) is 5. The van der Waals surface area contributed by atoms with Crippen LogP contribution in [0.1, 0.15) is 59.9 Å². The molecule has 1 atom stereocenters. The number of H-pyrrole nitrogens is 1. The Hall–Kier alpha value is -4.15. The first-order valence-corrected chi connectivity index (χ1v) is 11.3. The molecule has 0 aliphatic heterocycles. The summed E-state index contributed by atoms with van der Waals surface area (Å²) in [6.07, 6.45) is -3.05. The molecule has 2 aromatic heterocycles. The topological polar surface area (TPSA) is 171 Å². The predicted molar refractivity (Wildman–Crippen MR) is 134 cm³/mol. The number of benzene rings is 1. The van der Waals surface area contributed by atoms with Crippen LogP contribution in [-0.2, 0) is 9.47 Å². The van der Waals surface area contributed by atoms with E-state index in [9.17, 15) is 14.4 Å².